The Morgan fingerprint density at radius 1 is 1.73 bits per heavy atom. The zero-order valence-corrected chi connectivity index (χ0v) is 8.13. The number of thiazole rings is 1. The molecular formula is C7H10N2S2. The lowest BCUT2D eigenvalue weighted by molar-refractivity contribution is 0.831. The number of nitrogens with two attached hydrogens (primary N) is 1. The lowest BCUT2D eigenvalue weighted by atomic mass is 10.1. The molecule has 11 heavy (non-hydrogen) atoms. The molecule has 0 fully saturated rings. The van der Waals surface area contributed by atoms with E-state index in [0.717, 1.165) is 10.6 Å². The van der Waals surface area contributed by atoms with E-state index in [4.69, 9.17) is 18.0 Å². The Morgan fingerprint density at radius 3 is 2.73 bits per heavy atom. The molecule has 2 nitrogen and oxygen atoms in total. The van der Waals surface area contributed by atoms with Gasteiger partial charge in [-0.3, -0.25) is 0 Å². The van der Waals surface area contributed by atoms with Crippen molar-refractivity contribution in [3.05, 3.63) is 16.1 Å². The zero-order chi connectivity index (χ0) is 8.43. The molecule has 0 aliphatic rings. The molecule has 60 valence electrons. The van der Waals surface area contributed by atoms with Crippen LogP contribution in [0.2, 0.25) is 0 Å². The molecule has 0 amide bonds. The molecule has 0 atom stereocenters. The summed E-state index contributed by atoms with van der Waals surface area (Å²) in [5.74, 6) is 0.401. The van der Waals surface area contributed by atoms with Gasteiger partial charge in [0.15, 0.2) is 0 Å². The zero-order valence-electron chi connectivity index (χ0n) is 6.50. The van der Waals surface area contributed by atoms with E-state index in [-0.39, 0.29) is 0 Å². The van der Waals surface area contributed by atoms with Crippen molar-refractivity contribution in [1.29, 1.82) is 0 Å². The van der Waals surface area contributed by atoms with Gasteiger partial charge >= 0.3 is 0 Å². The first-order valence-electron chi connectivity index (χ1n) is 3.36. The normalized spacial score (nSPS) is 10.5. The minimum atomic E-state index is 0.401. The Hall–Kier alpha value is -0.480. The van der Waals surface area contributed by atoms with Gasteiger partial charge < -0.3 is 5.73 Å². The fraction of sp³-hybridized carbons (Fsp3) is 0.429. The molecule has 0 aliphatic carbocycles. The van der Waals surface area contributed by atoms with E-state index in [0.29, 0.717) is 10.9 Å². The van der Waals surface area contributed by atoms with Crippen LogP contribution in [0.5, 0.6) is 0 Å². The van der Waals surface area contributed by atoms with E-state index in [1.165, 1.54) is 11.3 Å². The van der Waals surface area contributed by atoms with Crippen LogP contribution in [0.25, 0.3) is 0 Å². The molecule has 0 saturated heterocycles. The van der Waals surface area contributed by atoms with Crippen molar-refractivity contribution in [1.82, 2.24) is 4.98 Å². The highest BCUT2D eigenvalue weighted by Crippen LogP contribution is 2.20. The topological polar surface area (TPSA) is 38.9 Å². The molecular weight excluding hydrogens is 176 g/mol. The Bertz CT molecular complexity index is 265. The number of aromatic nitrogens is 1. The van der Waals surface area contributed by atoms with Crippen LogP contribution in [0.1, 0.15) is 30.3 Å². The predicted octanol–water partition coefficient (Wildman–Crippen LogP) is 1.90. The number of hydrogen-bond acceptors (Lipinski definition) is 3. The third kappa shape index (κ3) is 1.75. The van der Waals surface area contributed by atoms with Gasteiger partial charge in [-0.15, -0.1) is 11.3 Å². The summed E-state index contributed by atoms with van der Waals surface area (Å²) in [4.78, 5) is 5.60. The quantitative estimate of drug-likeness (QED) is 0.717. The molecule has 0 bridgehead atoms. The maximum Gasteiger partial charge on any atom is 0.116 e. The first kappa shape index (κ1) is 8.62. The van der Waals surface area contributed by atoms with Gasteiger partial charge in [0.2, 0.25) is 0 Å². The number of rotatable bonds is 2. The Kier molecular flexibility index (Phi) is 2.57. The number of nitrogens with zero attached hydrogens (tertiary/aromatic N) is 1. The summed E-state index contributed by atoms with van der Waals surface area (Å²) < 4.78 is 0. The molecule has 0 radical (unpaired) electrons. The van der Waals surface area contributed by atoms with Gasteiger partial charge in [0.1, 0.15) is 4.99 Å². The highest BCUT2D eigenvalue weighted by molar-refractivity contribution is 7.81. The lowest BCUT2D eigenvalue weighted by Gasteiger charge is -2.02. The highest BCUT2D eigenvalue weighted by Gasteiger charge is 2.10. The summed E-state index contributed by atoms with van der Waals surface area (Å²) in [7, 11) is 0. The average molecular weight is 186 g/mol. The van der Waals surface area contributed by atoms with Crippen molar-refractivity contribution < 1.29 is 0 Å². The van der Waals surface area contributed by atoms with Crippen LogP contribution < -0.4 is 5.73 Å². The minimum absolute atomic E-state index is 0.401. The standard InChI is InChI=1S/C7H10N2S2/c1-4(2)5-6(7(8)10)11-3-9-5/h3-4H,1-2H3,(H2,8,10). The van der Waals surface area contributed by atoms with Crippen molar-refractivity contribution in [3.8, 4) is 0 Å². The molecule has 0 aliphatic heterocycles. The van der Waals surface area contributed by atoms with Gasteiger partial charge in [-0.05, 0) is 5.92 Å². The molecule has 0 aromatic carbocycles. The summed E-state index contributed by atoms with van der Waals surface area (Å²) in [6, 6.07) is 0. The molecule has 1 rings (SSSR count). The van der Waals surface area contributed by atoms with E-state index >= 15 is 0 Å². The van der Waals surface area contributed by atoms with Crippen LogP contribution in [-0.4, -0.2) is 9.97 Å². The maximum atomic E-state index is 5.50. The predicted molar refractivity (Wildman–Crippen MR) is 52.1 cm³/mol. The first-order valence-corrected chi connectivity index (χ1v) is 4.65. The largest absolute Gasteiger partial charge is 0.389 e. The Labute approximate surface area is 75.4 Å². The third-order valence-electron chi connectivity index (χ3n) is 1.37. The van der Waals surface area contributed by atoms with Gasteiger partial charge in [0.25, 0.3) is 0 Å². The maximum absolute atomic E-state index is 5.50. The van der Waals surface area contributed by atoms with Gasteiger partial charge in [0, 0.05) is 0 Å². The summed E-state index contributed by atoms with van der Waals surface area (Å²) in [5.41, 5.74) is 8.30. The third-order valence-corrected chi connectivity index (χ3v) is 2.57. The molecule has 1 aromatic rings. The molecule has 1 aromatic heterocycles. The molecule has 1 heterocycles. The number of hydrogen-bond donors (Lipinski definition) is 1. The van der Waals surface area contributed by atoms with Crippen LogP contribution in [0.3, 0.4) is 0 Å². The van der Waals surface area contributed by atoms with Crippen molar-refractivity contribution in [2.45, 2.75) is 19.8 Å². The van der Waals surface area contributed by atoms with Crippen molar-refractivity contribution in [2.75, 3.05) is 0 Å². The fourth-order valence-electron chi connectivity index (χ4n) is 0.850. The lowest BCUT2D eigenvalue weighted by Crippen LogP contribution is -2.10. The SMILES string of the molecule is CC(C)c1ncsc1C(N)=S. The van der Waals surface area contributed by atoms with Crippen molar-refractivity contribution in [3.63, 3.8) is 0 Å². The smallest absolute Gasteiger partial charge is 0.116 e. The molecule has 0 saturated carbocycles. The van der Waals surface area contributed by atoms with Gasteiger partial charge in [-0.2, -0.15) is 0 Å². The fourth-order valence-corrected chi connectivity index (χ4v) is 1.90. The number of thiocarbonyl (C=S) groups is 1. The van der Waals surface area contributed by atoms with Gasteiger partial charge in [-0.25, -0.2) is 4.98 Å². The van der Waals surface area contributed by atoms with E-state index in [2.05, 4.69) is 18.8 Å². The van der Waals surface area contributed by atoms with Crippen LogP contribution >= 0.6 is 23.6 Å². The Balaban J connectivity index is 3.06. The summed E-state index contributed by atoms with van der Waals surface area (Å²) >= 11 is 6.38. The van der Waals surface area contributed by atoms with Crippen molar-refractivity contribution in [2.24, 2.45) is 5.73 Å². The molecule has 0 spiro atoms. The van der Waals surface area contributed by atoms with Crippen LogP contribution in [0.4, 0.5) is 0 Å². The minimum Gasteiger partial charge on any atom is -0.389 e. The Morgan fingerprint density at radius 2 is 2.36 bits per heavy atom. The molecule has 2 N–H and O–H groups in total. The van der Waals surface area contributed by atoms with E-state index in [9.17, 15) is 0 Å². The summed E-state index contributed by atoms with van der Waals surface area (Å²) in [6.45, 7) is 4.16. The van der Waals surface area contributed by atoms with Crippen LogP contribution in [-0.2, 0) is 0 Å². The second kappa shape index (κ2) is 3.28. The summed E-state index contributed by atoms with van der Waals surface area (Å²) in [6.07, 6.45) is 0. The second-order valence-corrected chi connectivity index (χ2v) is 3.88. The van der Waals surface area contributed by atoms with Gasteiger partial charge in [0.05, 0.1) is 16.1 Å². The van der Waals surface area contributed by atoms with Crippen LogP contribution in [0, 0.1) is 0 Å². The van der Waals surface area contributed by atoms with E-state index in [1.807, 2.05) is 0 Å². The highest BCUT2D eigenvalue weighted by atomic mass is 32.1. The van der Waals surface area contributed by atoms with E-state index in [1.54, 1.807) is 5.51 Å². The molecule has 0 unspecified atom stereocenters. The van der Waals surface area contributed by atoms with E-state index < -0.39 is 0 Å². The second-order valence-electron chi connectivity index (χ2n) is 2.59. The average Bonchev–Trinajstić information content (AvgIpc) is 2.32. The van der Waals surface area contributed by atoms with Gasteiger partial charge in [-0.1, -0.05) is 26.1 Å². The first-order chi connectivity index (χ1) is 5.13. The van der Waals surface area contributed by atoms with Crippen LogP contribution in [0.15, 0.2) is 5.51 Å². The monoisotopic (exact) mass is 186 g/mol. The molecule has 4 heteroatoms. The van der Waals surface area contributed by atoms with Crippen molar-refractivity contribution >= 4 is 28.5 Å². The summed E-state index contributed by atoms with van der Waals surface area (Å²) in [5, 5.41) is 0.